The molecule has 56 heavy (non-hydrogen) atoms. The Labute approximate surface area is 323 Å². The van der Waals surface area contributed by atoms with Gasteiger partial charge in [-0.1, -0.05) is 36.4 Å². The summed E-state index contributed by atoms with van der Waals surface area (Å²) in [6.45, 7) is 1.11. The van der Waals surface area contributed by atoms with Gasteiger partial charge in [-0.2, -0.15) is 26.3 Å². The molecule has 4 aromatic carbocycles. The maximum Gasteiger partial charge on any atom is 0.416 e. The molecule has 3 N–H and O–H groups in total. The Bertz CT molecular complexity index is 1780. The molecule has 15 heteroatoms. The highest BCUT2D eigenvalue weighted by Gasteiger charge is 2.30. The number of aryl methyl sites for hydroxylation is 2. The minimum absolute atomic E-state index is 0.143. The fourth-order valence-corrected chi connectivity index (χ4v) is 5.00. The van der Waals surface area contributed by atoms with Gasteiger partial charge in [0, 0.05) is 19.4 Å². The van der Waals surface area contributed by atoms with Gasteiger partial charge in [0.05, 0.1) is 46.7 Å². The van der Waals surface area contributed by atoms with E-state index in [-0.39, 0.29) is 24.7 Å². The number of carbonyl (C=O) groups is 2. The van der Waals surface area contributed by atoms with Crippen LogP contribution in [0.2, 0.25) is 0 Å². The second-order valence-corrected chi connectivity index (χ2v) is 12.0. The normalized spacial score (nSPS) is 10.9. The fourth-order valence-electron chi connectivity index (χ4n) is 5.00. The van der Waals surface area contributed by atoms with E-state index in [0.717, 1.165) is 47.7 Å². The summed E-state index contributed by atoms with van der Waals surface area (Å²) in [5.41, 5.74) is 7.61. The van der Waals surface area contributed by atoms with E-state index in [1.807, 2.05) is 30.3 Å². The third-order valence-electron chi connectivity index (χ3n) is 8.11. The quantitative estimate of drug-likeness (QED) is 0.0918. The monoisotopic (exact) mass is 794 g/mol. The Morgan fingerprint density at radius 2 is 0.929 bits per heavy atom. The van der Waals surface area contributed by atoms with Crippen LogP contribution in [0.25, 0.3) is 0 Å². The first-order chi connectivity index (χ1) is 26.6. The lowest BCUT2D eigenvalue weighted by Crippen LogP contribution is -2.25. The smallest absolute Gasteiger partial charge is 0.416 e. The molecule has 0 bridgehead atoms. The van der Waals surface area contributed by atoms with Gasteiger partial charge in [-0.3, -0.25) is 9.59 Å². The largest absolute Gasteiger partial charge is 0.493 e. The lowest BCUT2D eigenvalue weighted by Gasteiger charge is -2.10. The molecular formula is C41H48F6N2O7. The van der Waals surface area contributed by atoms with Crippen LogP contribution in [0, 0.1) is 0 Å². The molecule has 306 valence electrons. The number of nitrogens with one attached hydrogen (secondary N) is 1. The molecular weight excluding hydrogens is 746 g/mol. The molecule has 0 spiro atoms. The fraction of sp³-hybridized carbons (Fsp3) is 0.366. The van der Waals surface area contributed by atoms with E-state index in [9.17, 15) is 35.9 Å². The van der Waals surface area contributed by atoms with Crippen molar-refractivity contribution in [1.29, 1.82) is 0 Å². The van der Waals surface area contributed by atoms with Crippen molar-refractivity contribution in [3.05, 3.63) is 118 Å². The van der Waals surface area contributed by atoms with Gasteiger partial charge in [-0.25, -0.2) is 0 Å². The summed E-state index contributed by atoms with van der Waals surface area (Å²) >= 11 is 0. The number of ether oxygens (including phenoxy) is 5. The number of rotatable bonds is 15. The van der Waals surface area contributed by atoms with Gasteiger partial charge in [0.15, 0.2) is 23.0 Å². The van der Waals surface area contributed by atoms with E-state index < -0.39 is 23.5 Å². The van der Waals surface area contributed by atoms with E-state index in [2.05, 4.69) is 10.1 Å². The summed E-state index contributed by atoms with van der Waals surface area (Å²) in [7, 11) is 7.65. The van der Waals surface area contributed by atoms with Crippen molar-refractivity contribution in [2.45, 2.75) is 50.9 Å². The molecule has 9 nitrogen and oxygen atoms in total. The Hall–Kier alpha value is -5.44. The Morgan fingerprint density at radius 3 is 1.30 bits per heavy atom. The number of amides is 1. The van der Waals surface area contributed by atoms with Gasteiger partial charge >= 0.3 is 18.3 Å². The Kier molecular flexibility index (Phi) is 19.6. The second-order valence-electron chi connectivity index (χ2n) is 12.0. The van der Waals surface area contributed by atoms with Gasteiger partial charge in [0.1, 0.15) is 0 Å². The maximum absolute atomic E-state index is 12.5. The molecule has 1 amide bonds. The predicted molar refractivity (Wildman–Crippen MR) is 200 cm³/mol. The minimum Gasteiger partial charge on any atom is -0.493 e. The Morgan fingerprint density at radius 1 is 0.536 bits per heavy atom. The number of hydrogen-bond donors (Lipinski definition) is 2. The number of benzene rings is 4. The number of halogens is 6. The number of esters is 1. The highest BCUT2D eigenvalue weighted by molar-refractivity contribution is 5.76. The zero-order chi connectivity index (χ0) is 41.7. The zero-order valence-electron chi connectivity index (χ0n) is 31.9. The molecule has 0 saturated heterocycles. The predicted octanol–water partition coefficient (Wildman–Crippen LogP) is 8.03. The van der Waals surface area contributed by atoms with Crippen molar-refractivity contribution in [1.82, 2.24) is 5.32 Å². The van der Waals surface area contributed by atoms with Gasteiger partial charge < -0.3 is 34.7 Å². The molecule has 4 rings (SSSR count). The van der Waals surface area contributed by atoms with Crippen LogP contribution in [0.5, 0.6) is 23.0 Å². The number of hydrogen-bond acceptors (Lipinski definition) is 8. The highest BCUT2D eigenvalue weighted by atomic mass is 19.4. The van der Waals surface area contributed by atoms with Crippen LogP contribution in [0.1, 0.15) is 46.2 Å². The van der Waals surface area contributed by atoms with Crippen LogP contribution in [-0.4, -0.2) is 60.5 Å². The number of nitrogens with two attached hydrogens (primary N) is 1. The first-order valence-corrected chi connectivity index (χ1v) is 17.4. The van der Waals surface area contributed by atoms with Crippen LogP contribution in [0.3, 0.4) is 0 Å². The van der Waals surface area contributed by atoms with Crippen molar-refractivity contribution < 1.29 is 59.6 Å². The first-order valence-electron chi connectivity index (χ1n) is 17.4. The van der Waals surface area contributed by atoms with E-state index in [1.165, 1.54) is 36.9 Å². The third kappa shape index (κ3) is 16.5. The number of alkyl halides is 6. The first kappa shape index (κ1) is 46.7. The molecule has 0 aliphatic rings. The minimum atomic E-state index is -4.35. The lowest BCUT2D eigenvalue weighted by atomic mass is 10.1. The molecule has 4 aromatic rings. The second kappa shape index (κ2) is 23.5. The van der Waals surface area contributed by atoms with Gasteiger partial charge in [-0.15, -0.1) is 0 Å². The average molecular weight is 795 g/mol. The summed E-state index contributed by atoms with van der Waals surface area (Å²) in [5, 5.41) is 2.81. The van der Waals surface area contributed by atoms with Crippen LogP contribution in [0.4, 0.5) is 26.3 Å². The van der Waals surface area contributed by atoms with E-state index in [0.29, 0.717) is 55.0 Å². The molecule has 0 atom stereocenters. The lowest BCUT2D eigenvalue weighted by molar-refractivity contribution is -0.141. The van der Waals surface area contributed by atoms with Crippen molar-refractivity contribution >= 4 is 11.9 Å². The van der Waals surface area contributed by atoms with Crippen LogP contribution in [0.15, 0.2) is 84.9 Å². The van der Waals surface area contributed by atoms with E-state index in [4.69, 9.17) is 24.7 Å². The molecule has 0 heterocycles. The summed E-state index contributed by atoms with van der Waals surface area (Å²) in [4.78, 5) is 22.7. The van der Waals surface area contributed by atoms with E-state index in [1.54, 1.807) is 34.5 Å². The molecule has 0 saturated carbocycles. The zero-order valence-corrected chi connectivity index (χ0v) is 31.9. The number of carbonyl (C=O) groups excluding carboxylic acids is 2. The van der Waals surface area contributed by atoms with Gasteiger partial charge in [0.25, 0.3) is 0 Å². The van der Waals surface area contributed by atoms with Crippen LogP contribution >= 0.6 is 0 Å². The van der Waals surface area contributed by atoms with Crippen molar-refractivity contribution in [2.75, 3.05) is 48.6 Å². The molecule has 0 fully saturated rings. The summed E-state index contributed by atoms with van der Waals surface area (Å²) in [5.74, 6) is 2.26. The topological polar surface area (TPSA) is 118 Å². The van der Waals surface area contributed by atoms with Crippen molar-refractivity contribution in [3.63, 3.8) is 0 Å². The average Bonchev–Trinajstić information content (AvgIpc) is 3.19. The summed E-state index contributed by atoms with van der Waals surface area (Å²) in [6.07, 6.45) is -6.02. The van der Waals surface area contributed by atoms with Gasteiger partial charge in [0.2, 0.25) is 5.91 Å². The molecule has 0 aromatic heterocycles. The van der Waals surface area contributed by atoms with Crippen LogP contribution in [-0.2, 0) is 52.4 Å². The summed E-state index contributed by atoms with van der Waals surface area (Å²) in [6, 6.07) is 21.0. The Balaban J connectivity index is 0.000000317. The highest BCUT2D eigenvalue weighted by Crippen LogP contribution is 2.31. The SMILES string of the molecule is COC(=O)CCc1ccc(C(F)(F)F)cc1.COc1ccc(CCN)cc1OC.COc1ccc(CCNC(=O)CCc2ccc(C(F)(F)F)cc2)cc1OC. The third-order valence-corrected chi connectivity index (χ3v) is 8.11. The van der Waals surface area contributed by atoms with Gasteiger partial charge in [-0.05, 0) is 103 Å². The molecule has 0 radical (unpaired) electrons. The standard InChI is InChI=1S/C20H22F3NO3.C11H11F3O2.C10H15NO2/c1-26-17-9-5-15(13-18(17)27-2)11-12-24-19(25)10-6-14-3-7-16(8-4-14)20(21,22)23;1-16-10(15)7-4-8-2-5-9(6-3-8)11(12,13)14;1-12-9-4-3-8(5-6-11)7-10(9)13-2/h3-5,7-9,13H,6,10-12H2,1-2H3,(H,24,25);2-3,5-6H,4,7H2,1H3;3-4,7H,5-6,11H2,1-2H3. The number of methoxy groups -OCH3 is 5. The molecule has 0 aliphatic heterocycles. The van der Waals surface area contributed by atoms with Crippen molar-refractivity contribution in [2.24, 2.45) is 5.73 Å². The van der Waals surface area contributed by atoms with E-state index >= 15 is 0 Å². The molecule has 0 unspecified atom stereocenters. The van der Waals surface area contributed by atoms with Crippen LogP contribution < -0.4 is 30.0 Å². The summed E-state index contributed by atoms with van der Waals surface area (Å²) < 4.78 is 99.3. The molecule has 0 aliphatic carbocycles. The maximum atomic E-state index is 12.5. The van der Waals surface area contributed by atoms with Crippen molar-refractivity contribution in [3.8, 4) is 23.0 Å².